The number of aromatic nitrogens is 12. The van der Waals surface area contributed by atoms with E-state index in [0.29, 0.717) is 113 Å². The molecule has 0 aliphatic carbocycles. The first-order valence-corrected chi connectivity index (χ1v) is 41.6. The topological polar surface area (TPSA) is 287 Å². The SMILES string of the molecule is CNc1nn(Cc2ccc(C(F)(F)F)cc2)c2cncc(Cl)c12.COc1ccccc1C(=O)Nc1nn(Cc2ccc(C(F)(F)F)cc2)c2ccccc12.Cc1occc1-c1nn(Cc2ccc(C(F)(F)F)cc2)c2ccccc12.N#Cc1ccc2c(c1)c(NC(=O)c1ccoc1)nn2Cc1ccc(C(F)(F)F)nc1.O=C(Nc1nn(Cc2cccc(C(F)(F)F)c2)c2ccccc12)c1ccoc1. The van der Waals surface area contributed by atoms with Gasteiger partial charge >= 0.3 is 30.9 Å². The maximum absolute atomic E-state index is 13.0. The fourth-order valence-corrected chi connectivity index (χ4v) is 14.8. The molecule has 0 bridgehead atoms. The van der Waals surface area contributed by atoms with Gasteiger partial charge < -0.3 is 39.3 Å². The molecule has 0 spiro atoms. The third-order valence-corrected chi connectivity index (χ3v) is 21.6. The number of amides is 3. The van der Waals surface area contributed by atoms with Crippen molar-refractivity contribution in [2.24, 2.45) is 0 Å². The van der Waals surface area contributed by atoms with Crippen LogP contribution in [0.2, 0.25) is 5.02 Å². The molecule has 0 saturated carbocycles. The van der Waals surface area contributed by atoms with Crippen molar-refractivity contribution in [2.45, 2.75) is 70.5 Å². The molecule has 24 nitrogen and oxygen atoms in total. The average Bonchev–Trinajstić information content (AvgIpc) is 1.64. The highest BCUT2D eigenvalue weighted by Gasteiger charge is 2.35. The molecular formula is C98H71ClF15N17O7. The van der Waals surface area contributed by atoms with Crippen LogP contribution in [0, 0.1) is 18.3 Å². The van der Waals surface area contributed by atoms with Crippen LogP contribution in [0.25, 0.3) is 65.8 Å². The molecular weight excluding hydrogens is 1850 g/mol. The maximum Gasteiger partial charge on any atom is 0.433 e. The van der Waals surface area contributed by atoms with Crippen LogP contribution in [-0.2, 0) is 63.6 Å². The number of nitrogens with one attached hydrogen (secondary N) is 4. The number of para-hydroxylation sites is 4. The number of ether oxygens (including phenoxy) is 1. The number of nitriles is 1. The summed E-state index contributed by atoms with van der Waals surface area (Å²) in [5, 5.41) is 46.8. The van der Waals surface area contributed by atoms with Crippen LogP contribution in [0.5, 0.6) is 5.75 Å². The van der Waals surface area contributed by atoms with Crippen molar-refractivity contribution in [1.29, 1.82) is 5.26 Å². The zero-order chi connectivity index (χ0) is 98.0. The molecule has 0 aliphatic rings. The molecule has 0 fully saturated rings. The minimum atomic E-state index is -4.52. The van der Waals surface area contributed by atoms with Crippen LogP contribution in [0.15, 0.2) is 306 Å². The zero-order valence-electron chi connectivity index (χ0n) is 72.0. The Kier molecular flexibility index (Phi) is 28.2. The van der Waals surface area contributed by atoms with Gasteiger partial charge in [-0.3, -0.25) is 47.8 Å². The maximum atomic E-state index is 13.0. The number of carbonyl (C=O) groups is 3. The number of carbonyl (C=O) groups excluding carboxylic acids is 3. The summed E-state index contributed by atoms with van der Waals surface area (Å²) in [4.78, 5) is 44.9. The Labute approximate surface area is 776 Å². The van der Waals surface area contributed by atoms with Crippen molar-refractivity contribution < 1.29 is 98.2 Å². The molecule has 9 aromatic carbocycles. The Morgan fingerprint density at radius 3 is 1.32 bits per heavy atom. The Bertz CT molecular complexity index is 7590. The number of alkyl halides is 15. The van der Waals surface area contributed by atoms with Crippen molar-refractivity contribution >= 4 is 107 Å². The number of pyridine rings is 2. The van der Waals surface area contributed by atoms with E-state index in [9.17, 15) is 85.5 Å². The van der Waals surface area contributed by atoms with Gasteiger partial charge in [-0.15, -0.1) is 0 Å². The number of benzene rings is 9. The fourth-order valence-electron chi connectivity index (χ4n) is 14.5. The second-order valence-electron chi connectivity index (χ2n) is 30.5. The number of halogens is 16. The predicted molar refractivity (Wildman–Crippen MR) is 483 cm³/mol. The minimum Gasteiger partial charge on any atom is -0.496 e. The lowest BCUT2D eigenvalue weighted by molar-refractivity contribution is -0.141. The second kappa shape index (κ2) is 40.6. The summed E-state index contributed by atoms with van der Waals surface area (Å²) in [6.45, 7) is 3.08. The van der Waals surface area contributed by atoms with Gasteiger partial charge in [-0.05, 0) is 168 Å². The van der Waals surface area contributed by atoms with Gasteiger partial charge in [-0.25, -0.2) is 0 Å². The van der Waals surface area contributed by atoms with Crippen LogP contribution < -0.4 is 26.0 Å². The standard InChI is InChI=1S/C23H18F3N3O2.C20H12F3N5O2.C20H14F3N3O2.C20H15F3N2O.C15H12ClF3N4/c1-31-20-9-5-3-7-18(20)22(30)27-21-17-6-2-4-8-19(17)29(28-21)14-15-10-12-16(13-11-15)23(24,25)26;21-20(22,23)17-4-2-13(9-25-17)10-28-16-3-1-12(8-24)7-15(16)18(27-28)26-19(29)14-5-6-30-11-14;21-20(22,23)15-5-3-4-13(10-15)11-26-17-7-2-1-6-16(17)18(25-26)24-19(27)14-8-9-28-12-14;1-13-16(10-11-26-13)19-17-4-2-3-5-18(17)25(24-19)12-14-6-8-15(9-7-14)20(21,22)23;1-20-14-13-11(16)6-21-7-12(13)23(22-14)8-9-2-4-10(5-3-9)15(17,18)19/h2-13H,14H2,1H3,(H,27,28,30);1-7,9,11H,10H2,(H,26,27,29);1-10,12H,11H2,(H,24,25,27);2-11H,12H2,1H3;2-7H,8H2,1H3,(H,20,22). The van der Waals surface area contributed by atoms with Crippen LogP contribution in [0.1, 0.15) is 98.2 Å². The number of hydrogen-bond acceptors (Lipinski definition) is 16. The average molecular weight is 1920 g/mol. The summed E-state index contributed by atoms with van der Waals surface area (Å²) < 4.78 is 220. The van der Waals surface area contributed by atoms with Crippen molar-refractivity contribution in [3.63, 3.8) is 0 Å². The van der Waals surface area contributed by atoms with Crippen molar-refractivity contribution in [3.8, 4) is 23.1 Å². The van der Waals surface area contributed by atoms with E-state index in [1.807, 2.05) is 67.6 Å². The van der Waals surface area contributed by atoms with E-state index in [4.69, 9.17) is 34.7 Å². The van der Waals surface area contributed by atoms with Crippen molar-refractivity contribution in [3.05, 3.63) is 381 Å². The smallest absolute Gasteiger partial charge is 0.433 e. The molecule has 702 valence electrons. The lowest BCUT2D eigenvalue weighted by Crippen LogP contribution is -2.14. The number of hydrogen-bond donors (Lipinski definition) is 4. The molecule has 40 heteroatoms. The van der Waals surface area contributed by atoms with Gasteiger partial charge in [-0.1, -0.05) is 121 Å². The molecule has 0 saturated heterocycles. The minimum absolute atomic E-state index is 0.120. The van der Waals surface area contributed by atoms with Gasteiger partial charge in [0.25, 0.3) is 17.7 Å². The molecule has 138 heavy (non-hydrogen) atoms. The monoisotopic (exact) mass is 1920 g/mol. The summed E-state index contributed by atoms with van der Waals surface area (Å²) in [6, 6.07) is 63.3. The molecule has 19 aromatic rings. The van der Waals surface area contributed by atoms with Gasteiger partial charge in [-0.2, -0.15) is 96.6 Å². The molecule has 10 aromatic heterocycles. The molecule has 10 heterocycles. The Hall–Kier alpha value is -16.8. The Balaban J connectivity index is 0.000000131. The molecule has 3 amide bonds. The quantitative estimate of drug-likeness (QED) is 0.0547. The summed E-state index contributed by atoms with van der Waals surface area (Å²) >= 11 is 6.15. The largest absolute Gasteiger partial charge is 0.496 e. The van der Waals surface area contributed by atoms with E-state index in [0.717, 1.165) is 111 Å². The number of methoxy groups -OCH3 is 1. The second-order valence-corrected chi connectivity index (χ2v) is 30.9. The number of fused-ring (bicyclic) bond motifs is 5. The highest BCUT2D eigenvalue weighted by atomic mass is 35.5. The Morgan fingerprint density at radius 1 is 0.413 bits per heavy atom. The number of anilines is 4. The lowest BCUT2D eigenvalue weighted by Gasteiger charge is -2.09. The molecule has 0 unspecified atom stereocenters. The number of rotatable bonds is 19. The summed E-state index contributed by atoms with van der Waals surface area (Å²) in [5.74, 6) is 1.50. The first-order chi connectivity index (χ1) is 66.0. The number of nitrogens with zero attached hydrogens (tertiary/aromatic N) is 13. The van der Waals surface area contributed by atoms with E-state index in [-0.39, 0.29) is 37.3 Å². The lowest BCUT2D eigenvalue weighted by atomic mass is 10.1. The van der Waals surface area contributed by atoms with E-state index >= 15 is 0 Å². The predicted octanol–water partition coefficient (Wildman–Crippen LogP) is 24.4. The normalized spacial score (nSPS) is 11.7. The summed E-state index contributed by atoms with van der Waals surface area (Å²) in [6.07, 6.45) is -10.7. The molecule has 0 radical (unpaired) electrons. The number of aryl methyl sites for hydroxylation is 1. The summed E-state index contributed by atoms with van der Waals surface area (Å²) in [5.41, 5.74) is 6.09. The first-order valence-electron chi connectivity index (χ1n) is 41.2. The molecule has 0 aliphatic heterocycles. The highest BCUT2D eigenvalue weighted by Crippen LogP contribution is 2.39. The van der Waals surface area contributed by atoms with Gasteiger partial charge in [0.1, 0.15) is 35.4 Å². The third-order valence-electron chi connectivity index (χ3n) is 21.3. The van der Waals surface area contributed by atoms with Crippen molar-refractivity contribution in [1.82, 2.24) is 58.9 Å². The van der Waals surface area contributed by atoms with E-state index in [2.05, 4.69) is 51.6 Å². The van der Waals surface area contributed by atoms with Crippen LogP contribution in [0.3, 0.4) is 0 Å². The Morgan fingerprint density at radius 2 is 0.855 bits per heavy atom. The van der Waals surface area contributed by atoms with Gasteiger partial charge in [0.05, 0.1) is 153 Å². The van der Waals surface area contributed by atoms with Crippen LogP contribution in [0.4, 0.5) is 89.1 Å². The number of furan rings is 3. The van der Waals surface area contributed by atoms with E-state index < -0.39 is 64.7 Å². The third kappa shape index (κ3) is 22.5. The van der Waals surface area contributed by atoms with Crippen molar-refractivity contribution in [2.75, 3.05) is 35.4 Å². The first kappa shape index (κ1) is 95.8. The fraction of sp³-hybridized carbons (Fsp3) is 0.133. The van der Waals surface area contributed by atoms with Crippen LogP contribution in [-0.4, -0.2) is 90.7 Å². The van der Waals surface area contributed by atoms with Crippen LogP contribution >= 0.6 is 11.6 Å². The van der Waals surface area contributed by atoms with Gasteiger partial charge in [0, 0.05) is 46.5 Å². The van der Waals surface area contributed by atoms with Gasteiger partial charge in [0.2, 0.25) is 0 Å². The van der Waals surface area contributed by atoms with E-state index in [1.165, 1.54) is 104 Å². The van der Waals surface area contributed by atoms with E-state index in [1.54, 1.807) is 111 Å². The highest BCUT2D eigenvalue weighted by molar-refractivity contribution is 6.36. The van der Waals surface area contributed by atoms with Gasteiger partial charge in [0.15, 0.2) is 23.3 Å². The molecule has 0 atom stereocenters. The molecule has 4 N–H and O–H groups in total. The molecule has 19 rings (SSSR count). The summed E-state index contributed by atoms with van der Waals surface area (Å²) in [7, 11) is 3.21. The zero-order valence-corrected chi connectivity index (χ0v) is 72.7.